The second-order valence-corrected chi connectivity index (χ2v) is 5.41. The summed E-state index contributed by atoms with van der Waals surface area (Å²) in [6.45, 7) is -0.564. The molecule has 2 N–H and O–H groups in total. The van der Waals surface area contributed by atoms with Gasteiger partial charge in [0.15, 0.2) is 13.2 Å². The Morgan fingerprint density at radius 1 is 0.875 bits per heavy atom. The Labute approximate surface area is 148 Å². The van der Waals surface area contributed by atoms with Crippen molar-refractivity contribution in [3.8, 4) is 11.5 Å². The Balaban J connectivity index is 1.69. The molecule has 0 bridgehead atoms. The summed E-state index contributed by atoms with van der Waals surface area (Å²) in [5.74, 6) is -0.233. The number of carbonyl (C=O) groups is 2. The number of para-hydroxylation sites is 1. The van der Waals surface area contributed by atoms with Crippen molar-refractivity contribution in [1.82, 2.24) is 10.9 Å². The maximum atomic E-state index is 11.6. The summed E-state index contributed by atoms with van der Waals surface area (Å²) in [6, 6.07) is 13.5. The van der Waals surface area contributed by atoms with Crippen LogP contribution in [-0.2, 0) is 9.59 Å². The summed E-state index contributed by atoms with van der Waals surface area (Å²) in [5, 5.41) is 0.758. The molecule has 6 nitrogen and oxygen atoms in total. The molecule has 0 aliphatic heterocycles. The third kappa shape index (κ3) is 5.98. The molecule has 2 amide bonds. The van der Waals surface area contributed by atoms with Gasteiger partial charge < -0.3 is 9.47 Å². The largest absolute Gasteiger partial charge is 0.484 e. The third-order valence-corrected chi connectivity index (χ3v) is 3.25. The van der Waals surface area contributed by atoms with E-state index in [1.54, 1.807) is 36.4 Å². The molecule has 0 aliphatic rings. The van der Waals surface area contributed by atoms with Crippen LogP contribution >= 0.6 is 23.2 Å². The minimum Gasteiger partial charge on any atom is -0.484 e. The van der Waals surface area contributed by atoms with E-state index in [0.717, 1.165) is 0 Å². The van der Waals surface area contributed by atoms with E-state index in [-0.39, 0.29) is 19.0 Å². The quantitative estimate of drug-likeness (QED) is 0.768. The first-order valence-electron chi connectivity index (χ1n) is 6.88. The molecule has 0 radical (unpaired) electrons. The van der Waals surface area contributed by atoms with Crippen LogP contribution in [0.5, 0.6) is 11.5 Å². The van der Waals surface area contributed by atoms with Gasteiger partial charge in [0.25, 0.3) is 11.8 Å². The molecule has 0 fully saturated rings. The maximum absolute atomic E-state index is 11.6. The highest BCUT2D eigenvalue weighted by Crippen LogP contribution is 2.27. The summed E-state index contributed by atoms with van der Waals surface area (Å²) in [4.78, 5) is 23.2. The zero-order valence-corrected chi connectivity index (χ0v) is 13.9. The molecular formula is C16H14Cl2N2O4. The average molecular weight is 369 g/mol. The first-order chi connectivity index (χ1) is 11.5. The van der Waals surface area contributed by atoms with Gasteiger partial charge in [0, 0.05) is 11.1 Å². The minimum absolute atomic E-state index is 0.231. The maximum Gasteiger partial charge on any atom is 0.276 e. The molecule has 24 heavy (non-hydrogen) atoms. The molecule has 0 aromatic heterocycles. The Bertz CT molecular complexity index is 710. The highest BCUT2D eigenvalue weighted by Gasteiger charge is 2.08. The number of rotatable bonds is 6. The van der Waals surface area contributed by atoms with Gasteiger partial charge in [0.05, 0.1) is 5.02 Å². The van der Waals surface area contributed by atoms with Crippen LogP contribution in [-0.4, -0.2) is 25.0 Å². The highest BCUT2D eigenvalue weighted by atomic mass is 35.5. The zero-order chi connectivity index (χ0) is 17.4. The van der Waals surface area contributed by atoms with Crippen LogP contribution in [0.25, 0.3) is 0 Å². The van der Waals surface area contributed by atoms with Crippen molar-refractivity contribution in [2.24, 2.45) is 0 Å². The summed E-state index contributed by atoms with van der Waals surface area (Å²) < 4.78 is 10.5. The smallest absolute Gasteiger partial charge is 0.276 e. The molecule has 0 saturated heterocycles. The Morgan fingerprint density at radius 2 is 1.50 bits per heavy atom. The SMILES string of the molecule is O=C(COc1ccccc1)NNC(=O)COc1cc(Cl)ccc1Cl. The van der Waals surface area contributed by atoms with Crippen molar-refractivity contribution in [1.29, 1.82) is 0 Å². The highest BCUT2D eigenvalue weighted by molar-refractivity contribution is 6.34. The standard InChI is InChI=1S/C16H14Cl2N2O4/c17-11-6-7-13(18)14(8-11)24-10-16(22)20-19-15(21)9-23-12-4-2-1-3-5-12/h1-8H,9-10H2,(H,19,21)(H,20,22). The second-order valence-electron chi connectivity index (χ2n) is 4.56. The summed E-state index contributed by atoms with van der Waals surface area (Å²) in [5.41, 5.74) is 4.42. The molecule has 0 heterocycles. The number of amides is 2. The fourth-order valence-electron chi connectivity index (χ4n) is 1.61. The molecule has 0 unspecified atom stereocenters. The Hall–Kier alpha value is -2.44. The van der Waals surface area contributed by atoms with Crippen molar-refractivity contribution in [3.05, 3.63) is 58.6 Å². The van der Waals surface area contributed by atoms with Crippen LogP contribution in [0, 0.1) is 0 Å². The number of ether oxygens (including phenoxy) is 2. The summed E-state index contributed by atoms with van der Waals surface area (Å²) >= 11 is 11.7. The summed E-state index contributed by atoms with van der Waals surface area (Å²) in [7, 11) is 0. The van der Waals surface area contributed by atoms with E-state index in [4.69, 9.17) is 32.7 Å². The average Bonchev–Trinajstić information content (AvgIpc) is 2.59. The fraction of sp³-hybridized carbons (Fsp3) is 0.125. The number of carbonyl (C=O) groups excluding carboxylic acids is 2. The molecule has 2 rings (SSSR count). The predicted molar refractivity (Wildman–Crippen MR) is 90.2 cm³/mol. The lowest BCUT2D eigenvalue weighted by Crippen LogP contribution is -2.45. The van der Waals surface area contributed by atoms with Crippen LogP contribution in [0.15, 0.2) is 48.5 Å². The second kappa shape index (κ2) is 9.00. The van der Waals surface area contributed by atoms with E-state index >= 15 is 0 Å². The molecule has 0 atom stereocenters. The summed E-state index contributed by atoms with van der Waals surface area (Å²) in [6.07, 6.45) is 0. The van der Waals surface area contributed by atoms with Crippen LogP contribution < -0.4 is 20.3 Å². The van der Waals surface area contributed by atoms with Gasteiger partial charge in [-0.3, -0.25) is 20.4 Å². The lowest BCUT2D eigenvalue weighted by molar-refractivity contribution is -0.131. The number of hydrazine groups is 1. The van der Waals surface area contributed by atoms with Gasteiger partial charge in [0.1, 0.15) is 11.5 Å². The molecular weight excluding hydrogens is 355 g/mol. The molecule has 2 aromatic carbocycles. The molecule has 0 spiro atoms. The monoisotopic (exact) mass is 368 g/mol. The topological polar surface area (TPSA) is 76.7 Å². The van der Waals surface area contributed by atoms with Gasteiger partial charge in [-0.1, -0.05) is 41.4 Å². The molecule has 8 heteroatoms. The first kappa shape index (κ1) is 17.9. The normalized spacial score (nSPS) is 9.92. The number of benzene rings is 2. The Morgan fingerprint density at radius 3 is 2.17 bits per heavy atom. The van der Waals surface area contributed by atoms with E-state index in [2.05, 4.69) is 10.9 Å². The number of nitrogens with one attached hydrogen (secondary N) is 2. The predicted octanol–water partition coefficient (Wildman–Crippen LogP) is 2.60. The van der Waals surface area contributed by atoms with E-state index in [0.29, 0.717) is 15.8 Å². The van der Waals surface area contributed by atoms with E-state index < -0.39 is 11.8 Å². The van der Waals surface area contributed by atoms with Crippen LogP contribution in [0.1, 0.15) is 0 Å². The number of halogens is 2. The lowest BCUT2D eigenvalue weighted by Gasteiger charge is -2.10. The molecule has 2 aromatic rings. The van der Waals surface area contributed by atoms with E-state index in [1.165, 1.54) is 6.07 Å². The fourth-order valence-corrected chi connectivity index (χ4v) is 1.94. The minimum atomic E-state index is -0.556. The van der Waals surface area contributed by atoms with Crippen molar-refractivity contribution in [2.45, 2.75) is 0 Å². The van der Waals surface area contributed by atoms with Gasteiger partial charge in [-0.15, -0.1) is 0 Å². The van der Waals surface area contributed by atoms with Gasteiger partial charge in [-0.05, 0) is 24.3 Å². The Kier molecular flexibility index (Phi) is 6.72. The molecule has 126 valence electrons. The van der Waals surface area contributed by atoms with Gasteiger partial charge >= 0.3 is 0 Å². The van der Waals surface area contributed by atoms with Crippen molar-refractivity contribution in [2.75, 3.05) is 13.2 Å². The number of hydrogen-bond acceptors (Lipinski definition) is 4. The van der Waals surface area contributed by atoms with E-state index in [1.807, 2.05) is 6.07 Å². The van der Waals surface area contributed by atoms with Crippen LogP contribution in [0.2, 0.25) is 10.0 Å². The van der Waals surface area contributed by atoms with Crippen molar-refractivity contribution < 1.29 is 19.1 Å². The number of hydrogen-bond donors (Lipinski definition) is 2. The van der Waals surface area contributed by atoms with Gasteiger partial charge in [-0.25, -0.2) is 0 Å². The first-order valence-corrected chi connectivity index (χ1v) is 7.63. The van der Waals surface area contributed by atoms with Crippen LogP contribution in [0.4, 0.5) is 0 Å². The van der Waals surface area contributed by atoms with Crippen molar-refractivity contribution >= 4 is 35.0 Å². The van der Waals surface area contributed by atoms with Crippen molar-refractivity contribution in [3.63, 3.8) is 0 Å². The zero-order valence-electron chi connectivity index (χ0n) is 12.4. The molecule has 0 saturated carbocycles. The van der Waals surface area contributed by atoms with E-state index in [9.17, 15) is 9.59 Å². The van der Waals surface area contributed by atoms with Gasteiger partial charge in [0.2, 0.25) is 0 Å². The molecule has 0 aliphatic carbocycles. The third-order valence-electron chi connectivity index (χ3n) is 2.71. The lowest BCUT2D eigenvalue weighted by atomic mass is 10.3. The van der Waals surface area contributed by atoms with Gasteiger partial charge in [-0.2, -0.15) is 0 Å². The van der Waals surface area contributed by atoms with Crippen LogP contribution in [0.3, 0.4) is 0 Å².